The number of aryl methyl sites for hydroxylation is 1. The molecule has 2 saturated heterocycles. The summed E-state index contributed by atoms with van der Waals surface area (Å²) in [6.07, 6.45) is 4.40. The van der Waals surface area contributed by atoms with Crippen LogP contribution >= 0.6 is 11.3 Å². The molecule has 0 spiro atoms. The van der Waals surface area contributed by atoms with Crippen LogP contribution in [0.5, 0.6) is 0 Å². The van der Waals surface area contributed by atoms with Crippen LogP contribution < -0.4 is 5.56 Å². The van der Waals surface area contributed by atoms with Crippen LogP contribution in [-0.2, 0) is 22.5 Å². The average Bonchev–Trinajstić information content (AvgIpc) is 3.23. The Hall–Kier alpha value is -3.04. The molecule has 2 fully saturated rings. The number of morpholine rings is 1. The summed E-state index contributed by atoms with van der Waals surface area (Å²) in [5, 5.41) is 0.439. The van der Waals surface area contributed by atoms with E-state index in [2.05, 4.69) is 29.2 Å². The number of ether oxygens (including phenoxy) is 1. The first-order valence-corrected chi connectivity index (χ1v) is 13.0. The zero-order valence-corrected chi connectivity index (χ0v) is 20.8. The van der Waals surface area contributed by atoms with Gasteiger partial charge in [0.2, 0.25) is 5.91 Å². The van der Waals surface area contributed by atoms with Gasteiger partial charge >= 0.3 is 0 Å². The minimum absolute atomic E-state index is 0.0287. The van der Waals surface area contributed by atoms with Crippen LogP contribution in [0, 0.1) is 12.8 Å². The summed E-state index contributed by atoms with van der Waals surface area (Å²) in [5.74, 6) is 0.418. The van der Waals surface area contributed by atoms with E-state index in [1.165, 1.54) is 27.8 Å². The number of hydrogen-bond donors (Lipinski definition) is 0. The standard InChI is InChI=1S/C26H30N4O4S/c1-18-22-24(27-17-30(25(22)32)16-21(31)28-11-13-34-14-12-28)35-23(18)26(33)29-9-7-20(8-10-29)15-19-5-3-2-4-6-19/h2-6,17,20H,7-16H2,1H3. The molecule has 2 aliphatic rings. The van der Waals surface area contributed by atoms with Crippen molar-refractivity contribution in [3.8, 4) is 0 Å². The Balaban J connectivity index is 1.28. The molecule has 3 aromatic rings. The fourth-order valence-electron chi connectivity index (χ4n) is 4.97. The molecule has 35 heavy (non-hydrogen) atoms. The maximum absolute atomic E-state index is 13.4. The van der Waals surface area contributed by atoms with Crippen molar-refractivity contribution >= 4 is 33.4 Å². The highest BCUT2D eigenvalue weighted by Crippen LogP contribution is 2.30. The van der Waals surface area contributed by atoms with Crippen molar-refractivity contribution in [2.45, 2.75) is 32.7 Å². The molecule has 8 nitrogen and oxygen atoms in total. The smallest absolute Gasteiger partial charge is 0.264 e. The summed E-state index contributed by atoms with van der Waals surface area (Å²) in [5.41, 5.74) is 1.73. The van der Waals surface area contributed by atoms with Crippen molar-refractivity contribution in [2.75, 3.05) is 39.4 Å². The van der Waals surface area contributed by atoms with E-state index in [0.717, 1.165) is 32.4 Å². The third kappa shape index (κ3) is 5.01. The Labute approximate surface area is 208 Å². The molecule has 1 aromatic carbocycles. The zero-order chi connectivity index (χ0) is 24.4. The summed E-state index contributed by atoms with van der Waals surface area (Å²) in [7, 11) is 0. The molecule has 0 unspecified atom stereocenters. The van der Waals surface area contributed by atoms with Crippen molar-refractivity contribution < 1.29 is 14.3 Å². The van der Waals surface area contributed by atoms with Gasteiger partial charge in [-0.3, -0.25) is 19.0 Å². The van der Waals surface area contributed by atoms with E-state index >= 15 is 0 Å². The molecule has 2 amide bonds. The summed E-state index contributed by atoms with van der Waals surface area (Å²) in [4.78, 5) is 48.3. The van der Waals surface area contributed by atoms with Gasteiger partial charge in [-0.15, -0.1) is 11.3 Å². The van der Waals surface area contributed by atoms with Gasteiger partial charge in [-0.1, -0.05) is 30.3 Å². The summed E-state index contributed by atoms with van der Waals surface area (Å²) >= 11 is 1.27. The van der Waals surface area contributed by atoms with E-state index in [4.69, 9.17) is 4.74 Å². The van der Waals surface area contributed by atoms with Crippen molar-refractivity contribution in [1.82, 2.24) is 19.4 Å². The summed E-state index contributed by atoms with van der Waals surface area (Å²) < 4.78 is 6.65. The monoisotopic (exact) mass is 494 g/mol. The zero-order valence-electron chi connectivity index (χ0n) is 19.9. The number of piperidine rings is 1. The van der Waals surface area contributed by atoms with Crippen molar-refractivity contribution in [3.05, 3.63) is 63.0 Å². The highest BCUT2D eigenvalue weighted by atomic mass is 32.1. The van der Waals surface area contributed by atoms with Crippen LogP contribution in [0.2, 0.25) is 0 Å². The summed E-state index contributed by atoms with van der Waals surface area (Å²) in [6.45, 7) is 5.27. The molecule has 2 aromatic heterocycles. The molecule has 9 heteroatoms. The second kappa shape index (κ2) is 10.3. The fourth-order valence-corrected chi connectivity index (χ4v) is 6.07. The highest BCUT2D eigenvalue weighted by molar-refractivity contribution is 7.20. The van der Waals surface area contributed by atoms with E-state index in [9.17, 15) is 14.4 Å². The van der Waals surface area contributed by atoms with E-state index in [-0.39, 0.29) is 23.9 Å². The van der Waals surface area contributed by atoms with Crippen molar-refractivity contribution in [3.63, 3.8) is 0 Å². The van der Waals surface area contributed by atoms with E-state index in [1.54, 1.807) is 4.90 Å². The minimum atomic E-state index is -0.272. The van der Waals surface area contributed by atoms with Gasteiger partial charge in [0.1, 0.15) is 11.4 Å². The van der Waals surface area contributed by atoms with E-state index in [1.807, 2.05) is 17.9 Å². The van der Waals surface area contributed by atoms with Gasteiger partial charge in [0, 0.05) is 26.2 Å². The SMILES string of the molecule is Cc1c(C(=O)N2CCC(Cc3ccccc3)CC2)sc2ncn(CC(=O)N3CCOCC3)c(=O)c12. The second-order valence-electron chi connectivity index (χ2n) is 9.33. The molecule has 184 valence electrons. The van der Waals surface area contributed by atoms with Crippen molar-refractivity contribution in [1.29, 1.82) is 0 Å². The topological polar surface area (TPSA) is 84.7 Å². The Morgan fingerprint density at radius 3 is 2.49 bits per heavy atom. The van der Waals surface area contributed by atoms with Crippen LogP contribution in [0.3, 0.4) is 0 Å². The molecule has 0 atom stereocenters. The molecule has 5 rings (SSSR count). The molecule has 2 aliphatic heterocycles. The van der Waals surface area contributed by atoms with Crippen LogP contribution in [0.25, 0.3) is 10.2 Å². The lowest BCUT2D eigenvalue weighted by molar-refractivity contribution is -0.135. The summed E-state index contributed by atoms with van der Waals surface area (Å²) in [6, 6.07) is 10.5. The number of nitrogens with zero attached hydrogens (tertiary/aromatic N) is 4. The molecule has 0 saturated carbocycles. The predicted molar refractivity (Wildman–Crippen MR) is 135 cm³/mol. The number of benzene rings is 1. The highest BCUT2D eigenvalue weighted by Gasteiger charge is 2.28. The first kappa shape index (κ1) is 23.7. The van der Waals surface area contributed by atoms with Crippen LogP contribution in [-0.4, -0.2) is 70.6 Å². The third-order valence-electron chi connectivity index (χ3n) is 7.05. The van der Waals surface area contributed by atoms with Gasteiger partial charge in [-0.05, 0) is 43.2 Å². The number of hydrogen-bond acceptors (Lipinski definition) is 6. The van der Waals surface area contributed by atoms with Crippen molar-refractivity contribution in [2.24, 2.45) is 5.92 Å². The number of rotatable bonds is 5. The normalized spacial score (nSPS) is 17.2. The Morgan fingerprint density at radius 1 is 1.06 bits per heavy atom. The fraction of sp³-hybridized carbons (Fsp3) is 0.462. The molecule has 0 radical (unpaired) electrons. The quantitative estimate of drug-likeness (QED) is 0.545. The number of carbonyl (C=O) groups excluding carboxylic acids is 2. The predicted octanol–water partition coefficient (Wildman–Crippen LogP) is 2.72. The molecule has 0 bridgehead atoms. The molecule has 4 heterocycles. The van der Waals surface area contributed by atoms with Gasteiger partial charge in [0.25, 0.3) is 11.5 Å². The van der Waals surface area contributed by atoms with Crippen LogP contribution in [0.15, 0.2) is 41.5 Å². The maximum atomic E-state index is 13.4. The molecule has 0 N–H and O–H groups in total. The lowest BCUT2D eigenvalue weighted by Crippen LogP contribution is -2.43. The number of aromatic nitrogens is 2. The number of fused-ring (bicyclic) bond motifs is 1. The Kier molecular flexibility index (Phi) is 6.97. The lowest BCUT2D eigenvalue weighted by atomic mass is 9.90. The first-order chi connectivity index (χ1) is 17.0. The van der Waals surface area contributed by atoms with E-state index in [0.29, 0.717) is 52.9 Å². The maximum Gasteiger partial charge on any atom is 0.264 e. The lowest BCUT2D eigenvalue weighted by Gasteiger charge is -2.32. The minimum Gasteiger partial charge on any atom is -0.378 e. The van der Waals surface area contributed by atoms with Gasteiger partial charge in [-0.2, -0.15) is 0 Å². The number of amides is 2. The van der Waals surface area contributed by atoms with Crippen LogP contribution in [0.1, 0.15) is 33.6 Å². The Morgan fingerprint density at radius 2 is 1.77 bits per heavy atom. The average molecular weight is 495 g/mol. The van der Waals surface area contributed by atoms with Gasteiger partial charge < -0.3 is 14.5 Å². The van der Waals surface area contributed by atoms with Gasteiger partial charge in [0.15, 0.2) is 0 Å². The third-order valence-corrected chi connectivity index (χ3v) is 8.24. The molecular formula is C26H30N4O4S. The molecule has 0 aliphatic carbocycles. The van der Waals surface area contributed by atoms with E-state index < -0.39 is 0 Å². The number of thiophene rings is 1. The largest absolute Gasteiger partial charge is 0.378 e. The van der Waals surface area contributed by atoms with Crippen LogP contribution in [0.4, 0.5) is 0 Å². The first-order valence-electron chi connectivity index (χ1n) is 12.2. The number of carbonyl (C=O) groups is 2. The second-order valence-corrected chi connectivity index (χ2v) is 10.3. The van der Waals surface area contributed by atoms with Gasteiger partial charge in [-0.25, -0.2) is 4.98 Å². The van der Waals surface area contributed by atoms with Gasteiger partial charge in [0.05, 0.1) is 29.8 Å². The number of likely N-dealkylation sites (tertiary alicyclic amines) is 1. The molecular weight excluding hydrogens is 464 g/mol. The Bertz CT molecular complexity index is 1270.